The Morgan fingerprint density at radius 3 is 2.54 bits per heavy atom. The number of carbonyl (C=O) groups excluding carboxylic acids is 2. The van der Waals surface area contributed by atoms with Gasteiger partial charge in [0.05, 0.1) is 19.2 Å². The van der Waals surface area contributed by atoms with Gasteiger partial charge >= 0.3 is 0 Å². The summed E-state index contributed by atoms with van der Waals surface area (Å²) in [5.74, 6) is -0.0874. The Kier molecular flexibility index (Phi) is 7.69. The minimum absolute atomic E-state index is 0.105. The molecule has 9 nitrogen and oxygen atoms in total. The standard InChI is InChI=1S/C26H27N5O4/c1-34-16-15-27-26(33)25(19-9-4-3-5-10-19)31(20-11-8-12-21(17-20)35-2)24(32)18-30-23-14-7-6-13-22(23)28-29-30/h3-14,17,25H,15-16,18H2,1-2H3,(H,27,33)/t25-/m1/s1. The Labute approximate surface area is 203 Å². The third kappa shape index (κ3) is 5.47. The van der Waals surface area contributed by atoms with Crippen molar-refractivity contribution >= 4 is 28.5 Å². The van der Waals surface area contributed by atoms with Crippen LogP contribution >= 0.6 is 0 Å². The molecule has 0 bridgehead atoms. The van der Waals surface area contributed by atoms with Gasteiger partial charge in [0.15, 0.2) is 0 Å². The lowest BCUT2D eigenvalue weighted by atomic mass is 10.0. The lowest BCUT2D eigenvalue weighted by Gasteiger charge is -2.31. The van der Waals surface area contributed by atoms with Crippen LogP contribution in [-0.2, 0) is 20.9 Å². The number of rotatable bonds is 10. The summed E-state index contributed by atoms with van der Waals surface area (Å²) >= 11 is 0. The van der Waals surface area contributed by atoms with E-state index in [1.807, 2.05) is 54.6 Å². The monoisotopic (exact) mass is 473 g/mol. The molecule has 1 atom stereocenters. The molecule has 0 saturated carbocycles. The molecule has 4 aromatic rings. The van der Waals surface area contributed by atoms with Crippen molar-refractivity contribution in [1.29, 1.82) is 0 Å². The van der Waals surface area contributed by atoms with E-state index in [-0.39, 0.29) is 18.4 Å². The average molecular weight is 474 g/mol. The number of nitrogens with zero attached hydrogens (tertiary/aromatic N) is 4. The van der Waals surface area contributed by atoms with E-state index in [2.05, 4.69) is 15.6 Å². The van der Waals surface area contributed by atoms with Gasteiger partial charge < -0.3 is 14.8 Å². The van der Waals surface area contributed by atoms with Crippen molar-refractivity contribution in [1.82, 2.24) is 20.3 Å². The van der Waals surface area contributed by atoms with Crippen molar-refractivity contribution in [2.75, 3.05) is 32.3 Å². The van der Waals surface area contributed by atoms with Crippen LogP contribution in [0, 0.1) is 0 Å². The number of hydrogen-bond acceptors (Lipinski definition) is 6. The zero-order valence-corrected chi connectivity index (χ0v) is 19.6. The van der Waals surface area contributed by atoms with Crippen LogP contribution in [0.3, 0.4) is 0 Å². The minimum Gasteiger partial charge on any atom is -0.497 e. The van der Waals surface area contributed by atoms with Crippen molar-refractivity contribution in [3.05, 3.63) is 84.4 Å². The molecule has 1 N–H and O–H groups in total. The predicted octanol–water partition coefficient (Wildman–Crippen LogP) is 2.98. The molecule has 4 rings (SSSR count). The van der Waals surface area contributed by atoms with Crippen molar-refractivity contribution in [3.63, 3.8) is 0 Å². The van der Waals surface area contributed by atoms with Gasteiger partial charge in [-0.15, -0.1) is 5.10 Å². The Morgan fingerprint density at radius 1 is 1.00 bits per heavy atom. The van der Waals surface area contributed by atoms with E-state index in [1.54, 1.807) is 38.5 Å². The molecule has 0 radical (unpaired) electrons. The molecule has 1 aromatic heterocycles. The highest BCUT2D eigenvalue weighted by atomic mass is 16.5. The van der Waals surface area contributed by atoms with Crippen molar-refractivity contribution in [2.24, 2.45) is 0 Å². The van der Waals surface area contributed by atoms with E-state index in [1.165, 1.54) is 9.58 Å². The van der Waals surface area contributed by atoms with E-state index >= 15 is 0 Å². The van der Waals surface area contributed by atoms with Gasteiger partial charge in [-0.3, -0.25) is 14.5 Å². The van der Waals surface area contributed by atoms with E-state index in [4.69, 9.17) is 9.47 Å². The van der Waals surface area contributed by atoms with E-state index in [0.717, 1.165) is 5.52 Å². The normalized spacial score (nSPS) is 11.7. The summed E-state index contributed by atoms with van der Waals surface area (Å²) in [6.45, 7) is 0.560. The number of fused-ring (bicyclic) bond motifs is 1. The summed E-state index contributed by atoms with van der Waals surface area (Å²) in [6, 6.07) is 22.7. The maximum absolute atomic E-state index is 13.9. The lowest BCUT2D eigenvalue weighted by Crippen LogP contribution is -2.46. The van der Waals surface area contributed by atoms with Gasteiger partial charge in [0.1, 0.15) is 23.9 Å². The Morgan fingerprint density at radius 2 is 1.77 bits per heavy atom. The number of para-hydroxylation sites is 1. The first-order valence-corrected chi connectivity index (χ1v) is 11.2. The van der Waals surface area contributed by atoms with Crippen LogP contribution in [0.4, 0.5) is 5.69 Å². The number of hydrogen-bond donors (Lipinski definition) is 1. The van der Waals surface area contributed by atoms with Crippen LogP contribution in [0.5, 0.6) is 5.75 Å². The molecule has 0 fully saturated rings. The molecule has 9 heteroatoms. The number of nitrogens with one attached hydrogen (secondary N) is 1. The van der Waals surface area contributed by atoms with Crippen LogP contribution in [-0.4, -0.2) is 54.2 Å². The molecule has 3 aromatic carbocycles. The fraction of sp³-hybridized carbons (Fsp3) is 0.231. The topological polar surface area (TPSA) is 98.6 Å². The fourth-order valence-corrected chi connectivity index (χ4v) is 3.86. The first-order chi connectivity index (χ1) is 17.1. The first kappa shape index (κ1) is 23.9. The molecule has 0 aliphatic heterocycles. The number of methoxy groups -OCH3 is 2. The minimum atomic E-state index is -0.928. The van der Waals surface area contributed by atoms with E-state index in [0.29, 0.717) is 35.7 Å². The van der Waals surface area contributed by atoms with Gasteiger partial charge in [-0.1, -0.05) is 53.7 Å². The first-order valence-electron chi connectivity index (χ1n) is 11.2. The number of ether oxygens (including phenoxy) is 2. The molecule has 0 saturated heterocycles. The maximum Gasteiger partial charge on any atom is 0.249 e. The highest BCUT2D eigenvalue weighted by molar-refractivity contribution is 6.01. The predicted molar refractivity (Wildman–Crippen MR) is 132 cm³/mol. The van der Waals surface area contributed by atoms with Crippen LogP contribution in [0.1, 0.15) is 11.6 Å². The van der Waals surface area contributed by atoms with Gasteiger partial charge in [0, 0.05) is 25.4 Å². The summed E-state index contributed by atoms with van der Waals surface area (Å²) < 4.78 is 12.0. The number of benzene rings is 3. The fourth-order valence-electron chi connectivity index (χ4n) is 3.86. The number of anilines is 1. The second-order valence-corrected chi connectivity index (χ2v) is 7.80. The largest absolute Gasteiger partial charge is 0.497 e. The highest BCUT2D eigenvalue weighted by Crippen LogP contribution is 2.31. The second-order valence-electron chi connectivity index (χ2n) is 7.80. The van der Waals surface area contributed by atoms with E-state index < -0.39 is 6.04 Å². The van der Waals surface area contributed by atoms with Crippen molar-refractivity contribution in [3.8, 4) is 5.75 Å². The van der Waals surface area contributed by atoms with Gasteiger partial charge in [-0.05, 0) is 29.8 Å². The zero-order chi connectivity index (χ0) is 24.6. The number of aromatic nitrogens is 3. The second kappa shape index (κ2) is 11.3. The Balaban J connectivity index is 1.77. The molecule has 0 unspecified atom stereocenters. The van der Waals surface area contributed by atoms with Crippen LogP contribution in [0.25, 0.3) is 11.0 Å². The molecular weight excluding hydrogens is 446 g/mol. The molecule has 2 amide bonds. The summed E-state index contributed by atoms with van der Waals surface area (Å²) in [6.07, 6.45) is 0. The smallest absolute Gasteiger partial charge is 0.249 e. The molecule has 35 heavy (non-hydrogen) atoms. The number of amides is 2. The third-order valence-corrected chi connectivity index (χ3v) is 5.53. The summed E-state index contributed by atoms with van der Waals surface area (Å²) in [7, 11) is 3.12. The van der Waals surface area contributed by atoms with Gasteiger partial charge in [-0.2, -0.15) is 0 Å². The van der Waals surface area contributed by atoms with Crippen molar-refractivity contribution < 1.29 is 19.1 Å². The maximum atomic E-state index is 13.9. The molecule has 0 spiro atoms. The van der Waals surface area contributed by atoms with Gasteiger partial charge in [0.25, 0.3) is 0 Å². The Hall–Kier alpha value is -4.24. The zero-order valence-electron chi connectivity index (χ0n) is 19.6. The van der Waals surface area contributed by atoms with Crippen LogP contribution in [0.2, 0.25) is 0 Å². The SMILES string of the molecule is COCCNC(=O)[C@@H](c1ccccc1)N(C(=O)Cn1nnc2ccccc21)c1cccc(OC)c1. The quantitative estimate of drug-likeness (QED) is 0.356. The van der Waals surface area contributed by atoms with Crippen LogP contribution < -0.4 is 15.0 Å². The van der Waals surface area contributed by atoms with Crippen molar-refractivity contribution in [2.45, 2.75) is 12.6 Å². The van der Waals surface area contributed by atoms with E-state index in [9.17, 15) is 9.59 Å². The average Bonchev–Trinajstić information content (AvgIpc) is 3.30. The molecule has 1 heterocycles. The number of carbonyl (C=O) groups is 2. The molecule has 0 aliphatic rings. The molecule has 0 aliphatic carbocycles. The summed E-state index contributed by atoms with van der Waals surface area (Å²) in [5.41, 5.74) is 2.61. The lowest BCUT2D eigenvalue weighted by molar-refractivity contribution is -0.127. The highest BCUT2D eigenvalue weighted by Gasteiger charge is 2.33. The Bertz CT molecular complexity index is 1290. The van der Waals surface area contributed by atoms with Crippen LogP contribution in [0.15, 0.2) is 78.9 Å². The molecular formula is C26H27N5O4. The van der Waals surface area contributed by atoms with Gasteiger partial charge in [-0.25, -0.2) is 4.68 Å². The summed E-state index contributed by atoms with van der Waals surface area (Å²) in [4.78, 5) is 28.9. The molecule has 180 valence electrons. The van der Waals surface area contributed by atoms with Gasteiger partial charge in [0.2, 0.25) is 11.8 Å². The summed E-state index contributed by atoms with van der Waals surface area (Å²) in [5, 5.41) is 11.2. The third-order valence-electron chi connectivity index (χ3n) is 5.53.